The van der Waals surface area contributed by atoms with E-state index in [9.17, 15) is 0 Å². The Balaban J connectivity index is 2.57. The van der Waals surface area contributed by atoms with Crippen LogP contribution in [0.15, 0.2) is 18.2 Å². The van der Waals surface area contributed by atoms with Crippen molar-refractivity contribution in [3.05, 3.63) is 18.2 Å². The molecule has 1 aromatic rings. The molecule has 1 rings (SSSR count). The Bertz CT molecular complexity index is 342. The van der Waals surface area contributed by atoms with Gasteiger partial charge in [-0.1, -0.05) is 6.92 Å². The van der Waals surface area contributed by atoms with E-state index >= 15 is 0 Å². The van der Waals surface area contributed by atoms with Crippen molar-refractivity contribution in [2.45, 2.75) is 13.8 Å². The number of rotatable bonds is 7. The highest BCUT2D eigenvalue weighted by atomic mass is 16.5. The average molecular weight is 238 g/mol. The molecule has 1 aromatic carbocycles. The minimum atomic E-state index is 0.456. The first-order valence-corrected chi connectivity index (χ1v) is 5.91. The molecule has 3 N–H and O–H groups in total. The molecular formula is C13H22N2O2. The van der Waals surface area contributed by atoms with Crippen molar-refractivity contribution in [1.82, 2.24) is 0 Å². The predicted molar refractivity (Wildman–Crippen MR) is 71.6 cm³/mol. The van der Waals surface area contributed by atoms with Crippen molar-refractivity contribution in [2.75, 3.05) is 37.9 Å². The molecule has 0 saturated carbocycles. The fraction of sp³-hybridized carbons (Fsp3) is 0.538. The molecule has 0 aliphatic rings. The molecule has 4 nitrogen and oxygen atoms in total. The number of hydrogen-bond donors (Lipinski definition) is 2. The molecule has 0 heterocycles. The molecule has 0 radical (unpaired) electrons. The van der Waals surface area contributed by atoms with Crippen molar-refractivity contribution in [3.8, 4) is 5.75 Å². The topological polar surface area (TPSA) is 56.5 Å². The van der Waals surface area contributed by atoms with Gasteiger partial charge in [-0.25, -0.2) is 0 Å². The number of nitrogens with two attached hydrogens (primary N) is 1. The molecule has 0 aromatic heterocycles. The van der Waals surface area contributed by atoms with Crippen LogP contribution in [0, 0.1) is 5.92 Å². The van der Waals surface area contributed by atoms with Gasteiger partial charge in [-0.2, -0.15) is 0 Å². The molecule has 1 atom stereocenters. The summed E-state index contributed by atoms with van der Waals surface area (Å²) in [6.45, 7) is 6.32. The molecule has 1 unspecified atom stereocenters. The van der Waals surface area contributed by atoms with Crippen molar-refractivity contribution in [2.24, 2.45) is 5.92 Å². The summed E-state index contributed by atoms with van der Waals surface area (Å²) < 4.78 is 10.5. The normalized spacial score (nSPS) is 12.2. The lowest BCUT2D eigenvalue weighted by molar-refractivity contribution is 0.164. The van der Waals surface area contributed by atoms with E-state index in [4.69, 9.17) is 15.2 Å². The molecular weight excluding hydrogens is 216 g/mol. The van der Waals surface area contributed by atoms with E-state index in [0.717, 1.165) is 24.6 Å². The third-order valence-electron chi connectivity index (χ3n) is 2.35. The van der Waals surface area contributed by atoms with Gasteiger partial charge in [-0.05, 0) is 18.9 Å². The van der Waals surface area contributed by atoms with E-state index in [0.29, 0.717) is 18.2 Å². The smallest absolute Gasteiger partial charge is 0.123 e. The molecule has 0 spiro atoms. The van der Waals surface area contributed by atoms with E-state index in [-0.39, 0.29) is 0 Å². The SMILES string of the molecule is CCOc1cc(N)cc(NCC(C)COC)c1. The summed E-state index contributed by atoms with van der Waals surface area (Å²) in [5.74, 6) is 1.26. The van der Waals surface area contributed by atoms with Gasteiger partial charge in [-0.3, -0.25) is 0 Å². The second-order valence-electron chi connectivity index (χ2n) is 4.17. The van der Waals surface area contributed by atoms with Crippen LogP contribution in [0.25, 0.3) is 0 Å². The zero-order chi connectivity index (χ0) is 12.7. The van der Waals surface area contributed by atoms with E-state index in [2.05, 4.69) is 12.2 Å². The molecule has 0 saturated heterocycles. The van der Waals surface area contributed by atoms with Crippen molar-refractivity contribution in [3.63, 3.8) is 0 Å². The van der Waals surface area contributed by atoms with Gasteiger partial charge >= 0.3 is 0 Å². The lowest BCUT2D eigenvalue weighted by atomic mass is 10.2. The summed E-state index contributed by atoms with van der Waals surface area (Å²) in [5, 5.41) is 3.33. The van der Waals surface area contributed by atoms with Crippen LogP contribution in [-0.2, 0) is 4.74 Å². The lowest BCUT2D eigenvalue weighted by Gasteiger charge is -2.14. The third-order valence-corrected chi connectivity index (χ3v) is 2.35. The maximum absolute atomic E-state index is 5.81. The standard InChI is InChI=1S/C13H22N2O2/c1-4-17-13-6-11(14)5-12(7-13)15-8-10(2)9-16-3/h5-7,10,15H,4,8-9,14H2,1-3H3. The number of hydrogen-bond acceptors (Lipinski definition) is 4. The fourth-order valence-corrected chi connectivity index (χ4v) is 1.61. The van der Waals surface area contributed by atoms with E-state index in [1.54, 1.807) is 7.11 Å². The number of nitrogen functional groups attached to an aromatic ring is 1. The van der Waals surface area contributed by atoms with Gasteiger partial charge in [0.25, 0.3) is 0 Å². The second kappa shape index (κ2) is 7.01. The highest BCUT2D eigenvalue weighted by molar-refractivity contribution is 5.59. The lowest BCUT2D eigenvalue weighted by Crippen LogP contribution is -2.15. The molecule has 96 valence electrons. The van der Waals surface area contributed by atoms with Gasteiger partial charge in [0.2, 0.25) is 0 Å². The Morgan fingerprint density at radius 2 is 2.12 bits per heavy atom. The zero-order valence-electron chi connectivity index (χ0n) is 10.8. The first-order chi connectivity index (χ1) is 8.15. The second-order valence-corrected chi connectivity index (χ2v) is 4.17. The summed E-state index contributed by atoms with van der Waals surface area (Å²) in [7, 11) is 1.71. The van der Waals surface area contributed by atoms with E-state index in [1.165, 1.54) is 0 Å². The summed E-state index contributed by atoms with van der Waals surface area (Å²) in [6.07, 6.45) is 0. The Morgan fingerprint density at radius 1 is 1.35 bits per heavy atom. The maximum atomic E-state index is 5.81. The molecule has 4 heteroatoms. The van der Waals surface area contributed by atoms with Crippen LogP contribution in [-0.4, -0.2) is 26.9 Å². The largest absolute Gasteiger partial charge is 0.494 e. The Kier molecular flexibility index (Phi) is 5.63. The molecule has 0 fully saturated rings. The van der Waals surface area contributed by atoms with Crippen molar-refractivity contribution >= 4 is 11.4 Å². The highest BCUT2D eigenvalue weighted by Crippen LogP contribution is 2.22. The van der Waals surface area contributed by atoms with Crippen LogP contribution < -0.4 is 15.8 Å². The minimum Gasteiger partial charge on any atom is -0.494 e. The van der Waals surface area contributed by atoms with Gasteiger partial charge in [0.05, 0.1) is 13.2 Å². The van der Waals surface area contributed by atoms with Crippen LogP contribution >= 0.6 is 0 Å². The van der Waals surface area contributed by atoms with Crippen LogP contribution in [0.5, 0.6) is 5.75 Å². The maximum Gasteiger partial charge on any atom is 0.123 e. The van der Waals surface area contributed by atoms with Crippen LogP contribution in [0.2, 0.25) is 0 Å². The number of methoxy groups -OCH3 is 1. The first kappa shape index (κ1) is 13.6. The van der Waals surface area contributed by atoms with E-state index < -0.39 is 0 Å². The van der Waals surface area contributed by atoms with Crippen LogP contribution in [0.4, 0.5) is 11.4 Å². The number of ether oxygens (including phenoxy) is 2. The summed E-state index contributed by atoms with van der Waals surface area (Å²) in [6, 6.07) is 5.69. The Hall–Kier alpha value is -1.42. The van der Waals surface area contributed by atoms with Gasteiger partial charge in [-0.15, -0.1) is 0 Å². The monoisotopic (exact) mass is 238 g/mol. The predicted octanol–water partition coefficient (Wildman–Crippen LogP) is 2.36. The van der Waals surface area contributed by atoms with Crippen LogP contribution in [0.1, 0.15) is 13.8 Å². The van der Waals surface area contributed by atoms with Gasteiger partial charge in [0.1, 0.15) is 5.75 Å². The van der Waals surface area contributed by atoms with Gasteiger partial charge in [0.15, 0.2) is 0 Å². The number of nitrogens with one attached hydrogen (secondary N) is 1. The summed E-state index contributed by atoms with van der Waals surface area (Å²) in [5.41, 5.74) is 7.50. The average Bonchev–Trinajstić information content (AvgIpc) is 2.26. The summed E-state index contributed by atoms with van der Waals surface area (Å²) >= 11 is 0. The zero-order valence-corrected chi connectivity index (χ0v) is 10.8. The Labute approximate surface area is 103 Å². The quantitative estimate of drug-likeness (QED) is 0.716. The van der Waals surface area contributed by atoms with Crippen molar-refractivity contribution in [1.29, 1.82) is 0 Å². The third kappa shape index (κ3) is 4.95. The fourth-order valence-electron chi connectivity index (χ4n) is 1.61. The minimum absolute atomic E-state index is 0.456. The summed E-state index contributed by atoms with van der Waals surface area (Å²) in [4.78, 5) is 0. The number of anilines is 2. The highest BCUT2D eigenvalue weighted by Gasteiger charge is 2.03. The van der Waals surface area contributed by atoms with Gasteiger partial charge < -0.3 is 20.5 Å². The molecule has 0 aliphatic carbocycles. The molecule has 17 heavy (non-hydrogen) atoms. The van der Waals surface area contributed by atoms with Crippen LogP contribution in [0.3, 0.4) is 0 Å². The van der Waals surface area contributed by atoms with Gasteiger partial charge in [0, 0.05) is 37.2 Å². The number of benzene rings is 1. The molecule has 0 aliphatic heterocycles. The molecule has 0 bridgehead atoms. The first-order valence-electron chi connectivity index (χ1n) is 5.91. The van der Waals surface area contributed by atoms with E-state index in [1.807, 2.05) is 25.1 Å². The Morgan fingerprint density at radius 3 is 2.76 bits per heavy atom. The molecule has 0 amide bonds. The van der Waals surface area contributed by atoms with Crippen molar-refractivity contribution < 1.29 is 9.47 Å².